The lowest BCUT2D eigenvalue weighted by atomic mass is 10.2. The van der Waals surface area contributed by atoms with Crippen molar-refractivity contribution in [2.45, 2.75) is 6.92 Å². The van der Waals surface area contributed by atoms with Gasteiger partial charge in [0.15, 0.2) is 17.2 Å². The van der Waals surface area contributed by atoms with Crippen molar-refractivity contribution in [1.82, 2.24) is 30.7 Å². The van der Waals surface area contributed by atoms with Gasteiger partial charge in [0.2, 0.25) is 11.6 Å². The number of hydrogen-bond donors (Lipinski definition) is 2. The molecule has 13 nitrogen and oxygen atoms in total. The Kier molecular flexibility index (Phi) is 6.25. The van der Waals surface area contributed by atoms with Gasteiger partial charge in [0, 0.05) is 5.56 Å². The minimum absolute atomic E-state index is 0.0117. The molecule has 0 fully saturated rings. The lowest BCUT2D eigenvalue weighted by Gasteiger charge is -2.11. The van der Waals surface area contributed by atoms with Gasteiger partial charge in [-0.1, -0.05) is 29.5 Å². The summed E-state index contributed by atoms with van der Waals surface area (Å²) in [6, 6.07) is 13.5. The predicted octanol–water partition coefficient (Wildman–Crippen LogP) is 1.53. The van der Waals surface area contributed by atoms with E-state index in [0.717, 1.165) is 4.68 Å². The van der Waals surface area contributed by atoms with Gasteiger partial charge in [-0.25, -0.2) is 14.8 Å². The molecule has 4 rings (SSSR count). The van der Waals surface area contributed by atoms with Crippen LogP contribution in [0.3, 0.4) is 0 Å². The molecule has 0 saturated carbocycles. The van der Waals surface area contributed by atoms with Gasteiger partial charge in [0.05, 0.1) is 24.6 Å². The first-order valence-electron chi connectivity index (χ1n) is 9.78. The summed E-state index contributed by atoms with van der Waals surface area (Å²) < 4.78 is 16.5. The number of hydrogen-bond acceptors (Lipinski definition) is 11. The van der Waals surface area contributed by atoms with Gasteiger partial charge in [-0.3, -0.25) is 4.79 Å². The molecule has 0 aliphatic heterocycles. The highest BCUT2D eigenvalue weighted by Crippen LogP contribution is 2.30. The van der Waals surface area contributed by atoms with E-state index in [-0.39, 0.29) is 23.1 Å². The third-order valence-electron chi connectivity index (χ3n) is 4.55. The molecular weight excluding hydrogens is 444 g/mol. The quantitative estimate of drug-likeness (QED) is 0.177. The van der Waals surface area contributed by atoms with E-state index in [9.17, 15) is 9.59 Å². The van der Waals surface area contributed by atoms with E-state index in [2.05, 4.69) is 35.8 Å². The Morgan fingerprint density at radius 3 is 2.65 bits per heavy atom. The van der Waals surface area contributed by atoms with Crippen LogP contribution in [0, 0.1) is 6.92 Å². The second kappa shape index (κ2) is 9.60. The maximum absolute atomic E-state index is 12.8. The summed E-state index contributed by atoms with van der Waals surface area (Å²) in [5.74, 6) is -0.825. The van der Waals surface area contributed by atoms with Crippen LogP contribution in [0.15, 0.2) is 58.3 Å². The molecule has 0 saturated heterocycles. The van der Waals surface area contributed by atoms with E-state index in [1.165, 1.54) is 13.3 Å². The SMILES string of the molecule is COc1cccc(/C=N/NC(=O)c2c(C)nnn2-c2nonc2N)c1OC(=O)c1ccccc1. The van der Waals surface area contributed by atoms with E-state index < -0.39 is 11.9 Å². The maximum atomic E-state index is 12.8. The number of aromatic nitrogens is 5. The summed E-state index contributed by atoms with van der Waals surface area (Å²) in [5.41, 5.74) is 9.14. The van der Waals surface area contributed by atoms with Crippen LogP contribution in [0.5, 0.6) is 11.5 Å². The minimum atomic E-state index is -0.646. The number of esters is 1. The van der Waals surface area contributed by atoms with E-state index in [1.54, 1.807) is 55.5 Å². The molecule has 1 amide bonds. The van der Waals surface area contributed by atoms with Crippen molar-refractivity contribution in [3.05, 3.63) is 71.0 Å². The predicted molar refractivity (Wildman–Crippen MR) is 118 cm³/mol. The highest BCUT2D eigenvalue weighted by Gasteiger charge is 2.23. The molecule has 4 aromatic rings. The molecule has 2 heterocycles. The normalized spacial score (nSPS) is 10.9. The maximum Gasteiger partial charge on any atom is 0.343 e. The molecule has 0 bridgehead atoms. The van der Waals surface area contributed by atoms with Crippen molar-refractivity contribution in [3.63, 3.8) is 0 Å². The van der Waals surface area contributed by atoms with Gasteiger partial charge in [-0.15, -0.1) is 5.10 Å². The number of anilines is 1. The van der Waals surface area contributed by atoms with Crippen LogP contribution in [0.4, 0.5) is 5.82 Å². The smallest absolute Gasteiger partial charge is 0.343 e. The molecule has 0 spiro atoms. The third kappa shape index (κ3) is 4.43. The number of amides is 1. The first kappa shape index (κ1) is 22.1. The number of para-hydroxylation sites is 1. The van der Waals surface area contributed by atoms with Crippen LogP contribution in [-0.2, 0) is 0 Å². The number of nitrogens with two attached hydrogens (primary N) is 1. The average molecular weight is 462 g/mol. The van der Waals surface area contributed by atoms with Gasteiger partial charge in [0.1, 0.15) is 0 Å². The number of methoxy groups -OCH3 is 1. The fourth-order valence-corrected chi connectivity index (χ4v) is 2.95. The second-order valence-corrected chi connectivity index (χ2v) is 6.74. The lowest BCUT2D eigenvalue weighted by Crippen LogP contribution is -2.23. The van der Waals surface area contributed by atoms with E-state index in [0.29, 0.717) is 22.6 Å². The minimum Gasteiger partial charge on any atom is -0.493 e. The summed E-state index contributed by atoms with van der Waals surface area (Å²) in [7, 11) is 1.44. The molecule has 0 unspecified atom stereocenters. The number of carbonyl (C=O) groups excluding carboxylic acids is 2. The molecule has 0 radical (unpaired) electrons. The Hall–Kier alpha value is -5.07. The largest absolute Gasteiger partial charge is 0.493 e. The van der Waals surface area contributed by atoms with E-state index in [1.807, 2.05) is 0 Å². The van der Waals surface area contributed by atoms with E-state index in [4.69, 9.17) is 15.2 Å². The fourth-order valence-electron chi connectivity index (χ4n) is 2.95. The number of ether oxygens (including phenoxy) is 2. The molecule has 13 heteroatoms. The van der Waals surface area contributed by atoms with Gasteiger partial charge in [0.25, 0.3) is 5.91 Å². The number of carbonyl (C=O) groups is 2. The highest BCUT2D eigenvalue weighted by molar-refractivity contribution is 5.96. The van der Waals surface area contributed by atoms with Crippen molar-refractivity contribution in [2.24, 2.45) is 5.10 Å². The molecule has 172 valence electrons. The molecule has 2 aromatic carbocycles. The monoisotopic (exact) mass is 462 g/mol. The Labute approximate surface area is 192 Å². The van der Waals surface area contributed by atoms with Crippen LogP contribution >= 0.6 is 0 Å². The molecular formula is C21H18N8O5. The standard InChI is InChI=1S/C21H18N8O5/c1-12-16(29(28-24-12)19-18(22)26-34-27-19)20(30)25-23-11-14-9-6-10-15(32-2)17(14)33-21(31)13-7-4-3-5-8-13/h3-11H,1-2H3,(H2,22,26)(H,25,30)/b23-11+. The van der Waals surface area contributed by atoms with Crippen molar-refractivity contribution in [1.29, 1.82) is 0 Å². The summed E-state index contributed by atoms with van der Waals surface area (Å²) >= 11 is 0. The average Bonchev–Trinajstić information content (AvgIpc) is 3.45. The van der Waals surface area contributed by atoms with Crippen molar-refractivity contribution in [2.75, 3.05) is 12.8 Å². The Balaban J connectivity index is 1.56. The number of nitrogens with zero attached hydrogens (tertiary/aromatic N) is 6. The number of nitrogen functional groups attached to an aromatic ring is 1. The molecule has 0 aliphatic rings. The van der Waals surface area contributed by atoms with Crippen molar-refractivity contribution in [3.8, 4) is 17.3 Å². The highest BCUT2D eigenvalue weighted by atomic mass is 16.6. The zero-order chi connectivity index (χ0) is 24.1. The second-order valence-electron chi connectivity index (χ2n) is 6.74. The summed E-state index contributed by atoms with van der Waals surface area (Å²) in [6.45, 7) is 1.58. The van der Waals surface area contributed by atoms with Crippen molar-refractivity contribution >= 4 is 23.9 Å². The summed E-state index contributed by atoms with van der Waals surface area (Å²) in [5, 5.41) is 18.8. The molecule has 2 aromatic heterocycles. The van der Waals surface area contributed by atoms with Crippen molar-refractivity contribution < 1.29 is 23.7 Å². The number of rotatable bonds is 7. The van der Waals surface area contributed by atoms with Crippen LogP contribution in [-0.4, -0.2) is 50.5 Å². The Morgan fingerprint density at radius 1 is 1.15 bits per heavy atom. The van der Waals surface area contributed by atoms with E-state index >= 15 is 0 Å². The van der Waals surface area contributed by atoms with Crippen LogP contribution in [0.1, 0.15) is 32.1 Å². The molecule has 0 atom stereocenters. The lowest BCUT2D eigenvalue weighted by molar-refractivity contribution is 0.0729. The van der Waals surface area contributed by atoms with Gasteiger partial charge in [-0.2, -0.15) is 9.78 Å². The fraction of sp³-hybridized carbons (Fsp3) is 0.0952. The third-order valence-corrected chi connectivity index (χ3v) is 4.55. The summed E-state index contributed by atoms with van der Waals surface area (Å²) in [6.07, 6.45) is 1.31. The first-order valence-corrected chi connectivity index (χ1v) is 9.78. The number of aryl methyl sites for hydroxylation is 1. The Morgan fingerprint density at radius 2 is 1.94 bits per heavy atom. The topological polar surface area (TPSA) is 173 Å². The zero-order valence-corrected chi connectivity index (χ0v) is 18.0. The Bertz CT molecular complexity index is 1360. The number of nitrogens with one attached hydrogen (secondary N) is 1. The summed E-state index contributed by atoms with van der Waals surface area (Å²) in [4.78, 5) is 25.3. The van der Waals surface area contributed by atoms with Crippen LogP contribution < -0.4 is 20.6 Å². The van der Waals surface area contributed by atoms with Gasteiger partial charge < -0.3 is 15.2 Å². The van der Waals surface area contributed by atoms with Crippen LogP contribution in [0.25, 0.3) is 5.82 Å². The van der Waals surface area contributed by atoms with Gasteiger partial charge >= 0.3 is 5.97 Å². The number of hydrazone groups is 1. The number of benzene rings is 2. The molecule has 34 heavy (non-hydrogen) atoms. The van der Waals surface area contributed by atoms with Gasteiger partial charge in [-0.05, 0) is 41.5 Å². The van der Waals surface area contributed by atoms with Crippen LogP contribution in [0.2, 0.25) is 0 Å². The zero-order valence-electron chi connectivity index (χ0n) is 18.0. The first-order chi connectivity index (χ1) is 16.5. The molecule has 0 aliphatic carbocycles. The molecule has 3 N–H and O–H groups in total.